The summed E-state index contributed by atoms with van der Waals surface area (Å²) in [4.78, 5) is 9.11. The Balaban J connectivity index is 1.97. The molecule has 17 heavy (non-hydrogen) atoms. The highest BCUT2D eigenvalue weighted by molar-refractivity contribution is 8.00. The number of hydrogen-bond donors (Lipinski definition) is 0. The Morgan fingerprint density at radius 3 is 2.65 bits per heavy atom. The fourth-order valence-corrected chi connectivity index (χ4v) is 2.67. The average Bonchev–Trinajstić information content (AvgIpc) is 2.94. The molecule has 1 atom stereocenters. The van der Waals surface area contributed by atoms with Gasteiger partial charge in [0.15, 0.2) is 0 Å². The van der Waals surface area contributed by atoms with Crippen LogP contribution in [0.1, 0.15) is 11.1 Å². The molecule has 1 aliphatic heterocycles. The quantitative estimate of drug-likeness (QED) is 0.802. The predicted molar refractivity (Wildman–Crippen MR) is 73.4 cm³/mol. The Hall–Kier alpha value is -1.61. The minimum absolute atomic E-state index is 0.179. The minimum atomic E-state index is 0.179. The number of rotatable bonds is 2. The van der Waals surface area contributed by atoms with E-state index in [0.29, 0.717) is 0 Å². The van der Waals surface area contributed by atoms with E-state index < -0.39 is 0 Å². The molecule has 0 spiro atoms. The highest BCUT2D eigenvalue weighted by Crippen LogP contribution is 2.32. The molecule has 0 radical (unpaired) electrons. The summed E-state index contributed by atoms with van der Waals surface area (Å²) in [5.74, 6) is 0.988. The summed E-state index contributed by atoms with van der Waals surface area (Å²) < 4.78 is 0. The lowest BCUT2D eigenvalue weighted by molar-refractivity contribution is 0.982. The molecule has 2 aromatic rings. The van der Waals surface area contributed by atoms with E-state index in [1.54, 1.807) is 0 Å². The lowest BCUT2D eigenvalue weighted by Crippen LogP contribution is -1.93. The zero-order chi connectivity index (χ0) is 11.5. The molecule has 0 bridgehead atoms. The molecule has 0 saturated heterocycles. The lowest BCUT2D eigenvalue weighted by Gasteiger charge is -2.08. The number of pyridine rings is 1. The van der Waals surface area contributed by atoms with Crippen molar-refractivity contribution >= 4 is 18.0 Å². The second kappa shape index (κ2) is 4.72. The third kappa shape index (κ3) is 2.24. The molecule has 0 saturated carbocycles. The molecule has 2 nitrogen and oxygen atoms in total. The number of thioether (sulfide) groups is 1. The van der Waals surface area contributed by atoms with Gasteiger partial charge in [-0.2, -0.15) is 0 Å². The molecule has 1 aromatic heterocycles. The molecule has 3 rings (SSSR count). The number of nitrogens with zero attached hydrogens (tertiary/aromatic N) is 2. The standard InChI is InChI=1S/C14H12N2S/c1-2-5-11(6-3-1)12-7-4-8-13(16-12)14-15-9-10-17-14/h1-9,14H,10H2. The van der Waals surface area contributed by atoms with Crippen molar-refractivity contribution in [1.82, 2.24) is 4.98 Å². The smallest absolute Gasteiger partial charge is 0.137 e. The Bertz CT molecular complexity index is 537. The fourth-order valence-electron chi connectivity index (χ4n) is 1.84. The first kappa shape index (κ1) is 10.5. The molecule has 0 amide bonds. The zero-order valence-corrected chi connectivity index (χ0v) is 10.1. The van der Waals surface area contributed by atoms with Gasteiger partial charge in [-0.1, -0.05) is 36.4 Å². The third-order valence-electron chi connectivity index (χ3n) is 2.66. The SMILES string of the molecule is C1=NC(c2cccc(-c3ccccc3)n2)SC1. The first-order valence-corrected chi connectivity index (χ1v) is 6.64. The van der Waals surface area contributed by atoms with Gasteiger partial charge in [0.2, 0.25) is 0 Å². The van der Waals surface area contributed by atoms with Gasteiger partial charge in [0, 0.05) is 17.5 Å². The summed E-state index contributed by atoms with van der Waals surface area (Å²) in [7, 11) is 0. The second-order valence-corrected chi connectivity index (χ2v) is 4.94. The maximum Gasteiger partial charge on any atom is 0.137 e. The van der Waals surface area contributed by atoms with Gasteiger partial charge >= 0.3 is 0 Å². The summed E-state index contributed by atoms with van der Waals surface area (Å²) in [6.07, 6.45) is 1.96. The van der Waals surface area contributed by atoms with Gasteiger partial charge in [-0.05, 0) is 12.1 Å². The second-order valence-electron chi connectivity index (χ2n) is 3.83. The van der Waals surface area contributed by atoms with Crippen LogP contribution in [0.4, 0.5) is 0 Å². The number of hydrogen-bond acceptors (Lipinski definition) is 3. The molecule has 84 valence electrons. The van der Waals surface area contributed by atoms with E-state index in [1.807, 2.05) is 48.3 Å². The van der Waals surface area contributed by atoms with E-state index in [0.717, 1.165) is 22.7 Å². The van der Waals surface area contributed by atoms with Gasteiger partial charge in [-0.15, -0.1) is 11.8 Å². The van der Waals surface area contributed by atoms with Crippen molar-refractivity contribution in [2.75, 3.05) is 5.75 Å². The molecular weight excluding hydrogens is 228 g/mol. The molecule has 0 N–H and O–H groups in total. The van der Waals surface area contributed by atoms with Gasteiger partial charge in [-0.3, -0.25) is 4.99 Å². The Morgan fingerprint density at radius 2 is 1.88 bits per heavy atom. The Labute approximate surface area is 105 Å². The van der Waals surface area contributed by atoms with Crippen LogP contribution in [0.2, 0.25) is 0 Å². The summed E-state index contributed by atoms with van der Waals surface area (Å²) >= 11 is 1.81. The first-order valence-electron chi connectivity index (χ1n) is 5.59. The monoisotopic (exact) mass is 240 g/mol. The Morgan fingerprint density at radius 1 is 1.00 bits per heavy atom. The van der Waals surface area contributed by atoms with Crippen molar-refractivity contribution in [3.63, 3.8) is 0 Å². The van der Waals surface area contributed by atoms with Gasteiger partial charge in [0.05, 0.1) is 11.4 Å². The number of benzene rings is 1. The van der Waals surface area contributed by atoms with E-state index in [-0.39, 0.29) is 5.37 Å². The van der Waals surface area contributed by atoms with Crippen LogP contribution >= 0.6 is 11.8 Å². The van der Waals surface area contributed by atoms with Crippen LogP contribution < -0.4 is 0 Å². The number of aliphatic imine (C=N–C) groups is 1. The van der Waals surface area contributed by atoms with Crippen LogP contribution in [0.3, 0.4) is 0 Å². The maximum absolute atomic E-state index is 4.69. The topological polar surface area (TPSA) is 25.2 Å². The summed E-state index contributed by atoms with van der Waals surface area (Å²) in [5, 5.41) is 0.179. The van der Waals surface area contributed by atoms with Crippen LogP contribution in [0.5, 0.6) is 0 Å². The highest BCUT2D eigenvalue weighted by atomic mass is 32.2. The molecule has 1 unspecified atom stereocenters. The number of aromatic nitrogens is 1. The van der Waals surface area contributed by atoms with Crippen molar-refractivity contribution in [1.29, 1.82) is 0 Å². The van der Waals surface area contributed by atoms with Crippen LogP contribution in [-0.4, -0.2) is 17.0 Å². The largest absolute Gasteiger partial charge is 0.276 e. The summed E-state index contributed by atoms with van der Waals surface area (Å²) in [6, 6.07) is 16.4. The van der Waals surface area contributed by atoms with Crippen LogP contribution in [0.15, 0.2) is 53.5 Å². The molecule has 2 heterocycles. The van der Waals surface area contributed by atoms with Crippen LogP contribution in [0.25, 0.3) is 11.3 Å². The van der Waals surface area contributed by atoms with Crippen molar-refractivity contribution in [3.05, 3.63) is 54.2 Å². The average molecular weight is 240 g/mol. The van der Waals surface area contributed by atoms with Crippen molar-refractivity contribution in [2.45, 2.75) is 5.37 Å². The van der Waals surface area contributed by atoms with Gasteiger partial charge in [-0.25, -0.2) is 4.98 Å². The van der Waals surface area contributed by atoms with Crippen molar-refractivity contribution < 1.29 is 0 Å². The normalized spacial score (nSPS) is 18.5. The summed E-state index contributed by atoms with van der Waals surface area (Å²) in [6.45, 7) is 0. The molecule has 0 fully saturated rings. The molecule has 0 aliphatic carbocycles. The zero-order valence-electron chi connectivity index (χ0n) is 9.28. The fraction of sp³-hybridized carbons (Fsp3) is 0.143. The van der Waals surface area contributed by atoms with E-state index in [4.69, 9.17) is 4.98 Å². The van der Waals surface area contributed by atoms with Crippen LogP contribution in [0, 0.1) is 0 Å². The molecule has 1 aliphatic rings. The van der Waals surface area contributed by atoms with E-state index in [2.05, 4.69) is 23.2 Å². The van der Waals surface area contributed by atoms with Gasteiger partial charge in [0.25, 0.3) is 0 Å². The van der Waals surface area contributed by atoms with Gasteiger partial charge < -0.3 is 0 Å². The lowest BCUT2D eigenvalue weighted by atomic mass is 10.1. The molecule has 3 heteroatoms. The molecular formula is C14H12N2S. The van der Waals surface area contributed by atoms with Crippen molar-refractivity contribution in [2.24, 2.45) is 4.99 Å². The van der Waals surface area contributed by atoms with E-state index in [9.17, 15) is 0 Å². The van der Waals surface area contributed by atoms with Gasteiger partial charge in [0.1, 0.15) is 5.37 Å². The minimum Gasteiger partial charge on any atom is -0.276 e. The van der Waals surface area contributed by atoms with E-state index >= 15 is 0 Å². The maximum atomic E-state index is 4.69. The first-order chi connectivity index (χ1) is 8.43. The predicted octanol–water partition coefficient (Wildman–Crippen LogP) is 3.56. The van der Waals surface area contributed by atoms with E-state index in [1.165, 1.54) is 0 Å². The highest BCUT2D eigenvalue weighted by Gasteiger charge is 2.15. The van der Waals surface area contributed by atoms with Crippen LogP contribution in [-0.2, 0) is 0 Å². The van der Waals surface area contributed by atoms with Crippen molar-refractivity contribution in [3.8, 4) is 11.3 Å². The Kier molecular flexibility index (Phi) is 2.92. The third-order valence-corrected chi connectivity index (χ3v) is 3.68. The summed E-state index contributed by atoms with van der Waals surface area (Å²) in [5.41, 5.74) is 3.22. The molecule has 1 aromatic carbocycles.